The Hall–Kier alpha value is -1.35. The van der Waals surface area contributed by atoms with Gasteiger partial charge in [-0.1, -0.05) is 13.0 Å². The smallest absolute Gasteiger partial charge is 0.110 e. The third-order valence-electron chi connectivity index (χ3n) is 3.45. The van der Waals surface area contributed by atoms with Crippen LogP contribution < -0.4 is 5.73 Å². The number of nitrogens with zero attached hydrogens (tertiary/aromatic N) is 2. The lowest BCUT2D eigenvalue weighted by molar-refractivity contribution is 0.686. The molecule has 2 N–H and O–H groups in total. The predicted molar refractivity (Wildman–Crippen MR) is 69.9 cm³/mol. The molecule has 0 atom stereocenters. The highest BCUT2D eigenvalue weighted by molar-refractivity contribution is 5.77. The summed E-state index contributed by atoms with van der Waals surface area (Å²) >= 11 is 0. The van der Waals surface area contributed by atoms with E-state index in [2.05, 4.69) is 29.7 Å². The summed E-state index contributed by atoms with van der Waals surface area (Å²) in [4.78, 5) is 4.78. The molecule has 0 saturated heterocycles. The summed E-state index contributed by atoms with van der Waals surface area (Å²) in [7, 11) is 0. The van der Waals surface area contributed by atoms with E-state index in [9.17, 15) is 0 Å². The van der Waals surface area contributed by atoms with Gasteiger partial charge in [-0.25, -0.2) is 4.98 Å². The van der Waals surface area contributed by atoms with Crippen molar-refractivity contribution in [2.75, 3.05) is 0 Å². The minimum atomic E-state index is 0.593. The number of benzene rings is 1. The van der Waals surface area contributed by atoms with E-state index in [4.69, 9.17) is 10.7 Å². The number of hydrogen-bond acceptors (Lipinski definition) is 2. The highest BCUT2D eigenvalue weighted by Gasteiger charge is 2.27. The molecule has 1 aromatic carbocycles. The number of nitrogens with two attached hydrogens (primary N) is 1. The molecule has 0 bridgehead atoms. The third kappa shape index (κ3) is 1.84. The van der Waals surface area contributed by atoms with Crippen LogP contribution in [0.2, 0.25) is 0 Å². The molecule has 3 heteroatoms. The fourth-order valence-corrected chi connectivity index (χ4v) is 2.46. The van der Waals surface area contributed by atoms with Gasteiger partial charge in [-0.05, 0) is 37.0 Å². The van der Waals surface area contributed by atoms with Crippen molar-refractivity contribution in [2.24, 2.45) is 5.73 Å². The van der Waals surface area contributed by atoms with Gasteiger partial charge in [-0.15, -0.1) is 0 Å². The molecule has 0 aliphatic heterocycles. The van der Waals surface area contributed by atoms with E-state index in [0.29, 0.717) is 12.6 Å². The van der Waals surface area contributed by atoms with Crippen molar-refractivity contribution in [3.8, 4) is 0 Å². The monoisotopic (exact) mass is 229 g/mol. The maximum Gasteiger partial charge on any atom is 0.110 e. The van der Waals surface area contributed by atoms with Crippen LogP contribution in [0.5, 0.6) is 0 Å². The second-order valence-electron chi connectivity index (χ2n) is 4.91. The first kappa shape index (κ1) is 10.8. The van der Waals surface area contributed by atoms with Gasteiger partial charge in [0.1, 0.15) is 5.82 Å². The molecule has 1 aliphatic rings. The first-order valence-electron chi connectivity index (χ1n) is 6.53. The molecule has 17 heavy (non-hydrogen) atoms. The highest BCUT2D eigenvalue weighted by Crippen LogP contribution is 2.39. The number of fused-ring (bicyclic) bond motifs is 1. The molecule has 0 unspecified atom stereocenters. The van der Waals surface area contributed by atoms with Crippen LogP contribution in [0.25, 0.3) is 11.0 Å². The van der Waals surface area contributed by atoms with E-state index >= 15 is 0 Å². The normalized spacial score (nSPS) is 15.6. The molecular formula is C14H19N3. The van der Waals surface area contributed by atoms with Crippen LogP contribution in [-0.2, 0) is 13.0 Å². The largest absolute Gasteiger partial charge is 0.326 e. The van der Waals surface area contributed by atoms with Gasteiger partial charge in [0.15, 0.2) is 0 Å². The predicted octanol–water partition coefficient (Wildman–Crippen LogP) is 2.78. The Morgan fingerprint density at radius 3 is 2.88 bits per heavy atom. The molecule has 2 aromatic rings. The van der Waals surface area contributed by atoms with Crippen LogP contribution in [0.1, 0.15) is 43.6 Å². The van der Waals surface area contributed by atoms with E-state index in [1.807, 2.05) is 0 Å². The lowest BCUT2D eigenvalue weighted by atomic mass is 10.2. The van der Waals surface area contributed by atoms with Crippen LogP contribution in [0.15, 0.2) is 18.2 Å². The summed E-state index contributed by atoms with van der Waals surface area (Å²) in [5.41, 5.74) is 9.25. The molecule has 0 spiro atoms. The van der Waals surface area contributed by atoms with Crippen molar-refractivity contribution in [1.29, 1.82) is 0 Å². The fourth-order valence-electron chi connectivity index (χ4n) is 2.46. The van der Waals surface area contributed by atoms with Crippen LogP contribution in [-0.4, -0.2) is 9.55 Å². The quantitative estimate of drug-likeness (QED) is 0.876. The summed E-state index contributed by atoms with van der Waals surface area (Å²) in [6.45, 7) is 2.80. The Morgan fingerprint density at radius 2 is 2.24 bits per heavy atom. The van der Waals surface area contributed by atoms with Crippen molar-refractivity contribution in [3.63, 3.8) is 0 Å². The molecule has 3 rings (SSSR count). The van der Waals surface area contributed by atoms with E-state index in [-0.39, 0.29) is 0 Å². The van der Waals surface area contributed by atoms with Crippen molar-refractivity contribution in [1.82, 2.24) is 9.55 Å². The van der Waals surface area contributed by atoms with Gasteiger partial charge in [0, 0.05) is 19.0 Å². The van der Waals surface area contributed by atoms with Crippen molar-refractivity contribution < 1.29 is 0 Å². The van der Waals surface area contributed by atoms with Gasteiger partial charge >= 0.3 is 0 Å². The fraction of sp³-hybridized carbons (Fsp3) is 0.500. The number of aromatic nitrogens is 2. The third-order valence-corrected chi connectivity index (χ3v) is 3.45. The molecule has 3 nitrogen and oxygen atoms in total. The van der Waals surface area contributed by atoms with Gasteiger partial charge < -0.3 is 10.3 Å². The minimum Gasteiger partial charge on any atom is -0.326 e. The number of imidazole rings is 1. The van der Waals surface area contributed by atoms with Crippen LogP contribution in [0.3, 0.4) is 0 Å². The molecule has 1 aliphatic carbocycles. The lowest BCUT2D eigenvalue weighted by Crippen LogP contribution is -2.01. The second-order valence-corrected chi connectivity index (χ2v) is 4.91. The summed E-state index contributed by atoms with van der Waals surface area (Å²) in [5, 5.41) is 0. The van der Waals surface area contributed by atoms with Crippen molar-refractivity contribution in [3.05, 3.63) is 29.6 Å². The summed E-state index contributed by atoms with van der Waals surface area (Å²) in [6.07, 6.45) is 4.84. The Bertz CT molecular complexity index is 538. The molecule has 1 heterocycles. The molecule has 0 amide bonds. The van der Waals surface area contributed by atoms with Crippen molar-refractivity contribution in [2.45, 2.75) is 45.2 Å². The molecule has 1 aromatic heterocycles. The number of rotatable bonds is 4. The van der Waals surface area contributed by atoms with E-state index in [1.165, 1.54) is 29.7 Å². The Balaban J connectivity index is 2.15. The van der Waals surface area contributed by atoms with Crippen LogP contribution in [0.4, 0.5) is 0 Å². The number of aryl methyl sites for hydroxylation is 1. The average molecular weight is 229 g/mol. The zero-order valence-electron chi connectivity index (χ0n) is 10.3. The standard InChI is InChI=1S/C14H19N3/c1-2-3-14-16-12-8-10(9-15)4-7-13(12)17(14)11-5-6-11/h4,7-8,11H,2-3,5-6,9,15H2,1H3. The maximum absolute atomic E-state index is 5.68. The summed E-state index contributed by atoms with van der Waals surface area (Å²) in [5.74, 6) is 1.25. The zero-order valence-corrected chi connectivity index (χ0v) is 10.3. The van der Waals surface area contributed by atoms with E-state index < -0.39 is 0 Å². The SMILES string of the molecule is CCCc1nc2cc(CN)ccc2n1C1CC1. The highest BCUT2D eigenvalue weighted by atomic mass is 15.1. The topological polar surface area (TPSA) is 43.8 Å². The number of hydrogen-bond donors (Lipinski definition) is 1. The lowest BCUT2D eigenvalue weighted by Gasteiger charge is -2.06. The second kappa shape index (κ2) is 4.15. The molecule has 1 fully saturated rings. The molecule has 1 saturated carbocycles. The van der Waals surface area contributed by atoms with Gasteiger partial charge in [-0.3, -0.25) is 0 Å². The van der Waals surface area contributed by atoms with Crippen LogP contribution >= 0.6 is 0 Å². The van der Waals surface area contributed by atoms with E-state index in [1.54, 1.807) is 0 Å². The van der Waals surface area contributed by atoms with Crippen molar-refractivity contribution >= 4 is 11.0 Å². The van der Waals surface area contributed by atoms with Gasteiger partial charge in [-0.2, -0.15) is 0 Å². The average Bonchev–Trinajstić information content (AvgIpc) is 3.11. The molecule has 90 valence electrons. The first-order chi connectivity index (χ1) is 8.33. The summed E-state index contributed by atoms with van der Waals surface area (Å²) < 4.78 is 2.44. The van der Waals surface area contributed by atoms with Gasteiger partial charge in [0.25, 0.3) is 0 Å². The van der Waals surface area contributed by atoms with Gasteiger partial charge in [0.2, 0.25) is 0 Å². The molecule has 0 radical (unpaired) electrons. The molecular weight excluding hydrogens is 210 g/mol. The Kier molecular flexibility index (Phi) is 2.63. The Morgan fingerprint density at radius 1 is 1.41 bits per heavy atom. The maximum atomic E-state index is 5.68. The minimum absolute atomic E-state index is 0.593. The first-order valence-corrected chi connectivity index (χ1v) is 6.53. The zero-order chi connectivity index (χ0) is 11.8. The van der Waals surface area contributed by atoms with E-state index in [0.717, 1.165) is 18.4 Å². The van der Waals surface area contributed by atoms with Gasteiger partial charge in [0.05, 0.1) is 11.0 Å². The Labute approximate surface area is 102 Å². The van der Waals surface area contributed by atoms with Crippen LogP contribution in [0, 0.1) is 0 Å². The summed E-state index contributed by atoms with van der Waals surface area (Å²) in [6, 6.07) is 7.14.